The van der Waals surface area contributed by atoms with Crippen LogP contribution in [0, 0.1) is 5.92 Å². The van der Waals surface area contributed by atoms with Crippen molar-refractivity contribution in [3.63, 3.8) is 0 Å². The van der Waals surface area contributed by atoms with E-state index in [1.165, 1.54) is 0 Å². The summed E-state index contributed by atoms with van der Waals surface area (Å²) in [6, 6.07) is 0. The van der Waals surface area contributed by atoms with Gasteiger partial charge in [0.05, 0.1) is 6.10 Å². The van der Waals surface area contributed by atoms with E-state index in [0.29, 0.717) is 18.2 Å². The molecule has 1 aromatic heterocycles. The molecule has 0 fully saturated rings. The summed E-state index contributed by atoms with van der Waals surface area (Å²) in [6.45, 7) is 5.87. The maximum absolute atomic E-state index is 9.80. The molecule has 2 N–H and O–H groups in total. The first-order chi connectivity index (χ1) is 8.49. The minimum atomic E-state index is -0.347. The van der Waals surface area contributed by atoms with E-state index in [4.69, 9.17) is 0 Å². The van der Waals surface area contributed by atoms with Gasteiger partial charge in [-0.05, 0) is 12.5 Å². The molecule has 1 atom stereocenters. The highest BCUT2D eigenvalue weighted by Crippen LogP contribution is 2.27. The second-order valence-corrected chi connectivity index (χ2v) is 6.98. The molecule has 0 aliphatic carbocycles. The Bertz CT molecular complexity index is 344. The first-order valence-electron chi connectivity index (χ1n) is 6.01. The lowest BCUT2D eigenvalue weighted by Gasteiger charge is -2.11. The van der Waals surface area contributed by atoms with Crippen LogP contribution in [0.5, 0.6) is 0 Å². The summed E-state index contributed by atoms with van der Waals surface area (Å²) in [4.78, 5) is 1.93. The van der Waals surface area contributed by atoms with Crippen LogP contribution in [-0.4, -0.2) is 54.3 Å². The van der Waals surface area contributed by atoms with Crippen molar-refractivity contribution >= 4 is 28.2 Å². The van der Waals surface area contributed by atoms with Crippen LogP contribution in [0.15, 0.2) is 4.34 Å². The molecule has 104 valence electrons. The number of aliphatic hydroxyl groups is 1. The SMILES string of the molecule is CC(C)CNCC(O)CSc1nnc(N(C)C)s1. The molecule has 1 aromatic rings. The van der Waals surface area contributed by atoms with E-state index in [-0.39, 0.29) is 6.10 Å². The van der Waals surface area contributed by atoms with Crippen LogP contribution in [-0.2, 0) is 0 Å². The van der Waals surface area contributed by atoms with Crippen LogP contribution in [0.1, 0.15) is 13.8 Å². The van der Waals surface area contributed by atoms with Crippen molar-refractivity contribution in [3.05, 3.63) is 0 Å². The standard InChI is InChI=1S/C11H22N4OS2/c1-8(2)5-12-6-9(16)7-17-11-14-13-10(18-11)15(3)4/h8-9,12,16H,5-7H2,1-4H3. The fourth-order valence-corrected chi connectivity index (χ4v) is 2.92. The Morgan fingerprint density at radius 3 is 2.61 bits per heavy atom. The lowest BCUT2D eigenvalue weighted by atomic mass is 10.2. The highest BCUT2D eigenvalue weighted by atomic mass is 32.2. The zero-order chi connectivity index (χ0) is 13.5. The maximum atomic E-state index is 9.80. The van der Waals surface area contributed by atoms with Crippen molar-refractivity contribution in [1.29, 1.82) is 0 Å². The Hall–Kier alpha value is -0.370. The highest BCUT2D eigenvalue weighted by molar-refractivity contribution is 8.01. The van der Waals surface area contributed by atoms with Gasteiger partial charge < -0.3 is 15.3 Å². The van der Waals surface area contributed by atoms with E-state index in [1.807, 2.05) is 19.0 Å². The number of hydrogen-bond donors (Lipinski definition) is 2. The molecular formula is C11H22N4OS2. The largest absolute Gasteiger partial charge is 0.391 e. The zero-order valence-corrected chi connectivity index (χ0v) is 13.0. The van der Waals surface area contributed by atoms with Crippen molar-refractivity contribution in [2.75, 3.05) is 37.8 Å². The molecule has 0 aliphatic rings. The molecule has 0 aliphatic heterocycles. The first kappa shape index (κ1) is 15.7. The quantitative estimate of drug-likeness (QED) is 0.704. The lowest BCUT2D eigenvalue weighted by molar-refractivity contribution is 0.194. The highest BCUT2D eigenvalue weighted by Gasteiger charge is 2.09. The smallest absolute Gasteiger partial charge is 0.208 e. The second kappa shape index (κ2) is 7.93. The van der Waals surface area contributed by atoms with Gasteiger partial charge >= 0.3 is 0 Å². The van der Waals surface area contributed by atoms with E-state index in [2.05, 4.69) is 29.4 Å². The van der Waals surface area contributed by atoms with Crippen LogP contribution in [0.4, 0.5) is 5.13 Å². The minimum absolute atomic E-state index is 0.347. The number of nitrogens with zero attached hydrogens (tertiary/aromatic N) is 3. The molecule has 18 heavy (non-hydrogen) atoms. The predicted octanol–water partition coefficient (Wildman–Crippen LogP) is 1.30. The molecule has 7 heteroatoms. The molecule has 0 saturated heterocycles. The second-order valence-electron chi connectivity index (χ2n) is 4.76. The zero-order valence-electron chi connectivity index (χ0n) is 11.4. The summed E-state index contributed by atoms with van der Waals surface area (Å²) in [7, 11) is 3.89. The van der Waals surface area contributed by atoms with Gasteiger partial charge in [0.2, 0.25) is 5.13 Å². The van der Waals surface area contributed by atoms with Gasteiger partial charge in [-0.2, -0.15) is 0 Å². The fraction of sp³-hybridized carbons (Fsp3) is 0.818. The van der Waals surface area contributed by atoms with Crippen LogP contribution < -0.4 is 10.2 Å². The lowest BCUT2D eigenvalue weighted by Crippen LogP contribution is -2.30. The summed E-state index contributed by atoms with van der Waals surface area (Å²) in [5.41, 5.74) is 0. The van der Waals surface area contributed by atoms with Gasteiger partial charge in [0.15, 0.2) is 4.34 Å². The Morgan fingerprint density at radius 2 is 2.06 bits per heavy atom. The summed E-state index contributed by atoms with van der Waals surface area (Å²) >= 11 is 3.10. The molecule has 0 saturated carbocycles. The number of thioether (sulfide) groups is 1. The van der Waals surface area contributed by atoms with E-state index >= 15 is 0 Å². The topological polar surface area (TPSA) is 61.3 Å². The van der Waals surface area contributed by atoms with Crippen LogP contribution in [0.3, 0.4) is 0 Å². The predicted molar refractivity (Wildman–Crippen MR) is 78.7 cm³/mol. The van der Waals surface area contributed by atoms with Crippen LogP contribution >= 0.6 is 23.1 Å². The van der Waals surface area contributed by atoms with E-state index < -0.39 is 0 Å². The Morgan fingerprint density at radius 1 is 1.33 bits per heavy atom. The first-order valence-corrected chi connectivity index (χ1v) is 7.81. The van der Waals surface area contributed by atoms with Crippen molar-refractivity contribution in [2.24, 2.45) is 5.92 Å². The molecule has 0 bridgehead atoms. The summed E-state index contributed by atoms with van der Waals surface area (Å²) < 4.78 is 0.904. The summed E-state index contributed by atoms with van der Waals surface area (Å²) in [5, 5.41) is 22.1. The molecule has 0 radical (unpaired) electrons. The van der Waals surface area contributed by atoms with Crippen molar-refractivity contribution in [3.8, 4) is 0 Å². The summed E-state index contributed by atoms with van der Waals surface area (Å²) in [6.07, 6.45) is -0.347. The normalized spacial score (nSPS) is 13.0. The average Bonchev–Trinajstić information content (AvgIpc) is 2.74. The molecule has 1 heterocycles. The van der Waals surface area contributed by atoms with Crippen molar-refractivity contribution in [2.45, 2.75) is 24.3 Å². The van der Waals surface area contributed by atoms with Gasteiger partial charge in [0.1, 0.15) is 0 Å². The molecule has 5 nitrogen and oxygen atoms in total. The molecule has 1 rings (SSSR count). The number of hydrogen-bond acceptors (Lipinski definition) is 7. The van der Waals surface area contributed by atoms with Crippen molar-refractivity contribution in [1.82, 2.24) is 15.5 Å². The van der Waals surface area contributed by atoms with Crippen LogP contribution in [0.2, 0.25) is 0 Å². The van der Waals surface area contributed by atoms with Gasteiger partial charge in [-0.3, -0.25) is 0 Å². The van der Waals surface area contributed by atoms with Crippen LogP contribution in [0.25, 0.3) is 0 Å². The minimum Gasteiger partial charge on any atom is -0.391 e. The molecule has 0 amide bonds. The molecule has 1 unspecified atom stereocenters. The third-order valence-electron chi connectivity index (χ3n) is 2.11. The Kier molecular flexibility index (Phi) is 6.91. The van der Waals surface area contributed by atoms with Crippen molar-refractivity contribution < 1.29 is 5.11 Å². The number of aromatic nitrogens is 2. The van der Waals surface area contributed by atoms with E-state index in [0.717, 1.165) is 16.0 Å². The average molecular weight is 290 g/mol. The monoisotopic (exact) mass is 290 g/mol. The number of nitrogens with one attached hydrogen (secondary N) is 1. The van der Waals surface area contributed by atoms with E-state index in [1.54, 1.807) is 23.1 Å². The third kappa shape index (κ3) is 5.99. The Balaban J connectivity index is 2.22. The molecule has 0 spiro atoms. The number of anilines is 1. The van der Waals surface area contributed by atoms with Gasteiger partial charge in [-0.25, -0.2) is 0 Å². The van der Waals surface area contributed by atoms with Gasteiger partial charge in [0, 0.05) is 26.4 Å². The fourth-order valence-electron chi connectivity index (χ4n) is 1.21. The van der Waals surface area contributed by atoms with Gasteiger partial charge in [-0.1, -0.05) is 36.9 Å². The van der Waals surface area contributed by atoms with Gasteiger partial charge in [0.25, 0.3) is 0 Å². The summed E-state index contributed by atoms with van der Waals surface area (Å²) in [5.74, 6) is 1.25. The maximum Gasteiger partial charge on any atom is 0.208 e. The van der Waals surface area contributed by atoms with E-state index in [9.17, 15) is 5.11 Å². The Labute approximate surface area is 117 Å². The third-order valence-corrected chi connectivity index (χ3v) is 4.48. The number of aliphatic hydroxyl groups excluding tert-OH is 1. The molecule has 0 aromatic carbocycles. The number of rotatable bonds is 8. The van der Waals surface area contributed by atoms with Gasteiger partial charge in [-0.15, -0.1) is 10.2 Å². The molecular weight excluding hydrogens is 268 g/mol.